The Labute approximate surface area is 112 Å². The average molecular weight is 263 g/mol. The molecule has 1 aromatic heterocycles. The van der Waals surface area contributed by atoms with Crippen molar-refractivity contribution in [3.8, 4) is 0 Å². The maximum Gasteiger partial charge on any atom is 0.419 e. The molecular weight excluding hydrogens is 242 g/mol. The third-order valence-corrected chi connectivity index (χ3v) is 3.61. The minimum absolute atomic E-state index is 0.230. The zero-order valence-corrected chi connectivity index (χ0v) is 11.6. The Kier molecular flexibility index (Phi) is 4.07. The van der Waals surface area contributed by atoms with E-state index in [1.807, 2.05) is 25.2 Å². The lowest BCUT2D eigenvalue weighted by Crippen LogP contribution is -2.22. The number of nitrogens with one attached hydrogen (secondary N) is 1. The van der Waals surface area contributed by atoms with Crippen molar-refractivity contribution in [2.45, 2.75) is 19.4 Å². The van der Waals surface area contributed by atoms with Crippen LogP contribution in [0.1, 0.15) is 24.9 Å². The van der Waals surface area contributed by atoms with Gasteiger partial charge >= 0.3 is 5.76 Å². The lowest BCUT2D eigenvalue weighted by atomic mass is 9.96. The summed E-state index contributed by atoms with van der Waals surface area (Å²) >= 11 is 0. The highest BCUT2D eigenvalue weighted by molar-refractivity contribution is 5.73. The van der Waals surface area contributed by atoms with Crippen LogP contribution in [0.2, 0.25) is 0 Å². The zero-order chi connectivity index (χ0) is 14.0. The molecule has 1 heterocycles. The standard InChI is InChI=1S/C14H21N3O2/c1-9(8-15)6-11(16-2)10-4-5-13-12(7-10)17(3)14(18)19-13/h4-5,7,9,11,16H,6,8,15H2,1-3H3. The molecule has 104 valence electrons. The van der Waals surface area contributed by atoms with Crippen LogP contribution in [0.25, 0.3) is 11.1 Å². The van der Waals surface area contributed by atoms with Gasteiger partial charge in [0.05, 0.1) is 5.52 Å². The summed E-state index contributed by atoms with van der Waals surface area (Å²) in [6.45, 7) is 2.81. The molecule has 2 unspecified atom stereocenters. The number of nitrogens with two attached hydrogens (primary N) is 1. The van der Waals surface area contributed by atoms with E-state index < -0.39 is 0 Å². The predicted octanol–water partition coefficient (Wildman–Crippen LogP) is 1.38. The van der Waals surface area contributed by atoms with E-state index in [1.165, 1.54) is 4.57 Å². The van der Waals surface area contributed by atoms with E-state index in [1.54, 1.807) is 7.05 Å². The van der Waals surface area contributed by atoms with Gasteiger partial charge in [-0.3, -0.25) is 4.57 Å². The molecule has 0 aliphatic heterocycles. The van der Waals surface area contributed by atoms with Gasteiger partial charge in [0.2, 0.25) is 0 Å². The number of hydrogen-bond donors (Lipinski definition) is 2. The van der Waals surface area contributed by atoms with Gasteiger partial charge in [-0.25, -0.2) is 4.79 Å². The van der Waals surface area contributed by atoms with E-state index in [9.17, 15) is 4.79 Å². The minimum atomic E-state index is -0.330. The van der Waals surface area contributed by atoms with Gasteiger partial charge < -0.3 is 15.5 Å². The summed E-state index contributed by atoms with van der Waals surface area (Å²) in [5, 5.41) is 3.30. The number of oxazole rings is 1. The molecule has 1 aromatic carbocycles. The van der Waals surface area contributed by atoms with E-state index in [0.717, 1.165) is 17.5 Å². The van der Waals surface area contributed by atoms with Gasteiger partial charge in [-0.1, -0.05) is 13.0 Å². The van der Waals surface area contributed by atoms with Gasteiger partial charge in [-0.15, -0.1) is 0 Å². The Morgan fingerprint density at radius 1 is 1.47 bits per heavy atom. The maximum atomic E-state index is 11.5. The van der Waals surface area contributed by atoms with Crippen LogP contribution in [0.3, 0.4) is 0 Å². The molecule has 2 aromatic rings. The van der Waals surface area contributed by atoms with Gasteiger partial charge in [-0.05, 0) is 43.6 Å². The quantitative estimate of drug-likeness (QED) is 0.854. The van der Waals surface area contributed by atoms with Crippen LogP contribution in [-0.4, -0.2) is 18.2 Å². The van der Waals surface area contributed by atoms with Crippen molar-refractivity contribution < 1.29 is 4.42 Å². The summed E-state index contributed by atoms with van der Waals surface area (Å²) in [5.41, 5.74) is 8.27. The molecule has 5 nitrogen and oxygen atoms in total. The average Bonchev–Trinajstić information content (AvgIpc) is 2.71. The van der Waals surface area contributed by atoms with Crippen molar-refractivity contribution in [2.75, 3.05) is 13.6 Å². The fraction of sp³-hybridized carbons (Fsp3) is 0.500. The summed E-state index contributed by atoms with van der Waals surface area (Å²) in [6.07, 6.45) is 0.963. The minimum Gasteiger partial charge on any atom is -0.408 e. The first kappa shape index (κ1) is 13.8. The fourth-order valence-corrected chi connectivity index (χ4v) is 2.28. The Morgan fingerprint density at radius 2 is 2.21 bits per heavy atom. The van der Waals surface area contributed by atoms with Gasteiger partial charge in [0, 0.05) is 13.1 Å². The molecule has 2 atom stereocenters. The van der Waals surface area contributed by atoms with E-state index in [4.69, 9.17) is 10.2 Å². The lowest BCUT2D eigenvalue weighted by Gasteiger charge is -2.20. The molecule has 0 aliphatic rings. The highest BCUT2D eigenvalue weighted by atomic mass is 16.4. The van der Waals surface area contributed by atoms with E-state index in [2.05, 4.69) is 12.2 Å². The maximum absolute atomic E-state index is 11.5. The first-order valence-corrected chi connectivity index (χ1v) is 6.53. The van der Waals surface area contributed by atoms with Crippen molar-refractivity contribution in [1.82, 2.24) is 9.88 Å². The number of benzene rings is 1. The van der Waals surface area contributed by atoms with Gasteiger partial charge in [0.25, 0.3) is 0 Å². The smallest absolute Gasteiger partial charge is 0.408 e. The van der Waals surface area contributed by atoms with Crippen LogP contribution in [0, 0.1) is 5.92 Å². The van der Waals surface area contributed by atoms with Crippen molar-refractivity contribution in [1.29, 1.82) is 0 Å². The molecule has 5 heteroatoms. The summed E-state index contributed by atoms with van der Waals surface area (Å²) in [6, 6.07) is 6.08. The van der Waals surface area contributed by atoms with Crippen molar-refractivity contribution in [3.63, 3.8) is 0 Å². The highest BCUT2D eigenvalue weighted by Gasteiger charge is 2.15. The van der Waals surface area contributed by atoms with Crippen molar-refractivity contribution in [3.05, 3.63) is 34.3 Å². The monoisotopic (exact) mass is 263 g/mol. The molecule has 0 aliphatic carbocycles. The summed E-state index contributed by atoms with van der Waals surface area (Å²) in [7, 11) is 3.65. The third kappa shape index (κ3) is 2.72. The molecule has 3 N–H and O–H groups in total. The van der Waals surface area contributed by atoms with Crippen molar-refractivity contribution >= 4 is 11.1 Å². The molecule has 0 spiro atoms. The normalized spacial score (nSPS) is 14.7. The Balaban J connectivity index is 2.38. The van der Waals surface area contributed by atoms with Crippen LogP contribution >= 0.6 is 0 Å². The van der Waals surface area contributed by atoms with Gasteiger partial charge in [0.15, 0.2) is 5.58 Å². The van der Waals surface area contributed by atoms with Crippen LogP contribution in [0.15, 0.2) is 27.4 Å². The second kappa shape index (κ2) is 5.59. The second-order valence-electron chi connectivity index (χ2n) is 5.07. The Hall–Kier alpha value is -1.59. The third-order valence-electron chi connectivity index (χ3n) is 3.61. The molecular formula is C14H21N3O2. The molecule has 0 saturated heterocycles. The number of aromatic nitrogens is 1. The zero-order valence-electron chi connectivity index (χ0n) is 11.6. The largest absolute Gasteiger partial charge is 0.419 e. The number of fused-ring (bicyclic) bond motifs is 1. The molecule has 2 rings (SSSR count). The summed E-state index contributed by atoms with van der Waals surface area (Å²) in [4.78, 5) is 11.5. The molecule has 19 heavy (non-hydrogen) atoms. The highest BCUT2D eigenvalue weighted by Crippen LogP contribution is 2.24. The topological polar surface area (TPSA) is 73.2 Å². The molecule has 0 amide bonds. The second-order valence-corrected chi connectivity index (χ2v) is 5.07. The first-order chi connectivity index (χ1) is 9.06. The van der Waals surface area contributed by atoms with Crippen LogP contribution in [-0.2, 0) is 7.05 Å². The summed E-state index contributed by atoms with van der Waals surface area (Å²) in [5.74, 6) is 0.116. The number of aryl methyl sites for hydroxylation is 1. The molecule has 0 radical (unpaired) electrons. The lowest BCUT2D eigenvalue weighted by molar-refractivity contribution is 0.438. The first-order valence-electron chi connectivity index (χ1n) is 6.53. The van der Waals surface area contributed by atoms with E-state index >= 15 is 0 Å². The number of nitrogens with zero attached hydrogens (tertiary/aromatic N) is 1. The van der Waals surface area contributed by atoms with E-state index in [0.29, 0.717) is 18.0 Å². The van der Waals surface area contributed by atoms with Crippen LogP contribution in [0.4, 0.5) is 0 Å². The predicted molar refractivity (Wildman–Crippen MR) is 76.1 cm³/mol. The number of hydrogen-bond acceptors (Lipinski definition) is 4. The Morgan fingerprint density at radius 3 is 2.84 bits per heavy atom. The van der Waals surface area contributed by atoms with Crippen LogP contribution < -0.4 is 16.8 Å². The van der Waals surface area contributed by atoms with Gasteiger partial charge in [-0.2, -0.15) is 0 Å². The molecule has 0 bridgehead atoms. The fourth-order valence-electron chi connectivity index (χ4n) is 2.28. The van der Waals surface area contributed by atoms with Crippen molar-refractivity contribution in [2.24, 2.45) is 18.7 Å². The summed E-state index contributed by atoms with van der Waals surface area (Å²) < 4.78 is 6.66. The van der Waals surface area contributed by atoms with Gasteiger partial charge in [0.1, 0.15) is 0 Å². The number of rotatable bonds is 5. The van der Waals surface area contributed by atoms with E-state index in [-0.39, 0.29) is 11.8 Å². The van der Waals surface area contributed by atoms with Crippen LogP contribution in [0.5, 0.6) is 0 Å². The SMILES string of the molecule is CNC(CC(C)CN)c1ccc2oc(=O)n(C)c2c1. The molecule has 0 fully saturated rings. The molecule has 0 saturated carbocycles. The Bertz CT molecular complexity index is 615.